The smallest absolute Gasteiger partial charge is 0.416 e. The Balaban J connectivity index is 2.02. The summed E-state index contributed by atoms with van der Waals surface area (Å²) in [5.74, 6) is -2.02. The molecule has 0 aliphatic heterocycles. The van der Waals surface area contributed by atoms with Gasteiger partial charge in [-0.2, -0.15) is 13.2 Å². The Hall–Kier alpha value is -3.27. The number of aliphatic hydroxyl groups is 1. The van der Waals surface area contributed by atoms with E-state index in [4.69, 9.17) is 14.9 Å². The summed E-state index contributed by atoms with van der Waals surface area (Å²) in [5.41, 5.74) is -0.233. The molecule has 2 rings (SSSR count). The number of aryl methyl sites for hydroxylation is 1. The quantitative estimate of drug-likeness (QED) is 0.370. The lowest BCUT2D eigenvalue weighted by molar-refractivity contribution is -0.137. The van der Waals surface area contributed by atoms with Crippen LogP contribution in [0.2, 0.25) is 0 Å². The van der Waals surface area contributed by atoms with E-state index >= 15 is 0 Å². The second kappa shape index (κ2) is 10.2. The van der Waals surface area contributed by atoms with Gasteiger partial charge in [-0.05, 0) is 43.3 Å². The molecule has 2 N–H and O–H groups in total. The number of hydrogen-bond acceptors (Lipinski definition) is 6. The minimum Gasteiger partial charge on any atom is -0.459 e. The molecule has 0 spiro atoms. The summed E-state index contributed by atoms with van der Waals surface area (Å²) >= 11 is 0. The van der Waals surface area contributed by atoms with Crippen molar-refractivity contribution in [3.8, 4) is 0 Å². The summed E-state index contributed by atoms with van der Waals surface area (Å²) in [5, 5.41) is 17.2. The molecule has 0 radical (unpaired) electrons. The van der Waals surface area contributed by atoms with Crippen LogP contribution in [0.25, 0.3) is 0 Å². The molecule has 2 aromatic carbocycles. The van der Waals surface area contributed by atoms with Gasteiger partial charge in [0.25, 0.3) is 0 Å². The highest BCUT2D eigenvalue weighted by molar-refractivity contribution is 5.90. The van der Waals surface area contributed by atoms with Crippen molar-refractivity contribution in [1.29, 1.82) is 5.41 Å². The van der Waals surface area contributed by atoms with Crippen LogP contribution in [0, 0.1) is 12.3 Å². The molecule has 0 saturated heterocycles. The number of carbonyl (C=O) groups excluding carboxylic acids is 2. The van der Waals surface area contributed by atoms with Crippen molar-refractivity contribution in [1.82, 2.24) is 0 Å². The molecule has 3 atom stereocenters. The maximum Gasteiger partial charge on any atom is 0.416 e. The second-order valence-electron chi connectivity index (χ2n) is 6.59. The van der Waals surface area contributed by atoms with Crippen molar-refractivity contribution in [2.24, 2.45) is 0 Å². The van der Waals surface area contributed by atoms with E-state index in [-0.39, 0.29) is 11.1 Å². The third-order valence-corrected chi connectivity index (χ3v) is 4.22. The Morgan fingerprint density at radius 1 is 1.03 bits per heavy atom. The maximum absolute atomic E-state index is 14.1. The summed E-state index contributed by atoms with van der Waals surface area (Å²) in [4.78, 5) is 24.2. The van der Waals surface area contributed by atoms with Crippen LogP contribution >= 0.6 is 0 Å². The number of rotatable bonds is 8. The molecule has 0 bridgehead atoms. The highest BCUT2D eigenvalue weighted by Gasteiger charge is 2.33. The van der Waals surface area contributed by atoms with E-state index < -0.39 is 48.7 Å². The first-order chi connectivity index (χ1) is 14.5. The maximum atomic E-state index is 14.1. The van der Waals surface area contributed by atoms with Crippen LogP contribution in [0.1, 0.15) is 31.8 Å². The molecule has 0 aromatic heterocycles. The Morgan fingerprint density at radius 2 is 1.55 bits per heavy atom. The molecule has 0 heterocycles. The lowest BCUT2D eigenvalue weighted by atomic mass is 10.1. The molecule has 6 nitrogen and oxygen atoms in total. The number of esters is 2. The predicted octanol–water partition coefficient (Wildman–Crippen LogP) is 3.74. The van der Waals surface area contributed by atoms with Crippen LogP contribution in [0.15, 0.2) is 48.5 Å². The van der Waals surface area contributed by atoms with Gasteiger partial charge in [-0.15, -0.1) is 0 Å². The number of alkyl halides is 4. The molecule has 0 unspecified atom stereocenters. The first-order valence-electron chi connectivity index (χ1n) is 8.97. The van der Waals surface area contributed by atoms with Gasteiger partial charge in [0.2, 0.25) is 0 Å². The first-order valence-corrected chi connectivity index (χ1v) is 8.97. The third-order valence-electron chi connectivity index (χ3n) is 4.22. The molecule has 10 heteroatoms. The zero-order chi connectivity index (χ0) is 23.2. The summed E-state index contributed by atoms with van der Waals surface area (Å²) in [7, 11) is 0. The molecule has 0 aliphatic rings. The van der Waals surface area contributed by atoms with Gasteiger partial charge >= 0.3 is 18.1 Å². The van der Waals surface area contributed by atoms with E-state index in [1.165, 1.54) is 12.1 Å². The Labute approximate surface area is 174 Å². The minimum absolute atomic E-state index is 0.0849. The van der Waals surface area contributed by atoms with Crippen LogP contribution in [0.4, 0.5) is 17.6 Å². The number of hydrogen-bond donors (Lipinski definition) is 2. The van der Waals surface area contributed by atoms with Crippen LogP contribution in [0.5, 0.6) is 0 Å². The number of ether oxygens (including phenoxy) is 2. The fourth-order valence-corrected chi connectivity index (χ4v) is 2.47. The van der Waals surface area contributed by atoms with Crippen LogP contribution in [-0.4, -0.2) is 48.2 Å². The topological polar surface area (TPSA) is 96.7 Å². The van der Waals surface area contributed by atoms with E-state index in [0.29, 0.717) is 18.3 Å². The molecule has 31 heavy (non-hydrogen) atoms. The van der Waals surface area contributed by atoms with Crippen molar-refractivity contribution in [2.45, 2.75) is 31.5 Å². The number of nitrogens with one attached hydrogen (secondary N) is 1. The van der Waals surface area contributed by atoms with Gasteiger partial charge in [0.05, 0.1) is 16.7 Å². The second-order valence-corrected chi connectivity index (χ2v) is 6.59. The molecule has 0 aliphatic carbocycles. The van der Waals surface area contributed by atoms with Gasteiger partial charge in [-0.1, -0.05) is 17.7 Å². The fourth-order valence-electron chi connectivity index (χ4n) is 2.47. The molecular weight excluding hydrogens is 422 g/mol. The van der Waals surface area contributed by atoms with E-state index in [1.807, 2.05) is 0 Å². The SMILES string of the molecule is Cc1ccc(C(=O)O[C@@H]([C@H](F)C=N)[C@H](O)COC(=O)c2ccc(C(F)(F)F)cc2)cc1. The van der Waals surface area contributed by atoms with Crippen LogP contribution in [-0.2, 0) is 15.7 Å². The van der Waals surface area contributed by atoms with Gasteiger partial charge in [0.1, 0.15) is 12.7 Å². The summed E-state index contributed by atoms with van der Waals surface area (Å²) in [6.45, 7) is 0.972. The molecule has 0 fully saturated rings. The summed E-state index contributed by atoms with van der Waals surface area (Å²) < 4.78 is 61.5. The van der Waals surface area contributed by atoms with E-state index in [9.17, 15) is 32.3 Å². The Kier molecular flexibility index (Phi) is 7.87. The number of carbonyl (C=O) groups is 2. The third kappa shape index (κ3) is 6.61. The molecule has 0 saturated carbocycles. The Morgan fingerprint density at radius 3 is 2.06 bits per heavy atom. The van der Waals surface area contributed by atoms with Crippen LogP contribution in [0.3, 0.4) is 0 Å². The fraction of sp³-hybridized carbons (Fsp3) is 0.286. The number of benzene rings is 2. The summed E-state index contributed by atoms with van der Waals surface area (Å²) in [6, 6.07) is 9.27. The molecular formula is C21H19F4NO5. The number of aliphatic hydroxyl groups excluding tert-OH is 1. The van der Waals surface area contributed by atoms with Gasteiger partial charge in [0.15, 0.2) is 12.3 Å². The summed E-state index contributed by atoms with van der Waals surface area (Å²) in [6.07, 6.45) is -10.1. The van der Waals surface area contributed by atoms with Crippen molar-refractivity contribution in [3.05, 3.63) is 70.8 Å². The van der Waals surface area contributed by atoms with E-state index in [2.05, 4.69) is 0 Å². The highest BCUT2D eigenvalue weighted by atomic mass is 19.4. The van der Waals surface area contributed by atoms with Crippen molar-refractivity contribution >= 4 is 18.2 Å². The van der Waals surface area contributed by atoms with E-state index in [0.717, 1.165) is 17.7 Å². The predicted molar refractivity (Wildman–Crippen MR) is 102 cm³/mol. The van der Waals surface area contributed by atoms with Gasteiger partial charge in [0, 0.05) is 6.21 Å². The zero-order valence-electron chi connectivity index (χ0n) is 16.2. The Bertz CT molecular complexity index is 913. The largest absolute Gasteiger partial charge is 0.459 e. The monoisotopic (exact) mass is 441 g/mol. The van der Waals surface area contributed by atoms with Crippen molar-refractivity contribution in [2.75, 3.05) is 6.61 Å². The highest BCUT2D eigenvalue weighted by Crippen LogP contribution is 2.29. The average Bonchev–Trinajstić information content (AvgIpc) is 2.74. The normalized spacial score (nSPS) is 14.3. The lowest BCUT2D eigenvalue weighted by Crippen LogP contribution is -2.42. The minimum atomic E-state index is -4.57. The van der Waals surface area contributed by atoms with Crippen molar-refractivity contribution in [3.63, 3.8) is 0 Å². The molecule has 2 aromatic rings. The van der Waals surface area contributed by atoms with E-state index in [1.54, 1.807) is 19.1 Å². The number of halogens is 4. The average molecular weight is 441 g/mol. The first kappa shape index (κ1) is 24.0. The molecule has 166 valence electrons. The standard InChI is InChI=1S/C21H19F4NO5/c1-12-2-4-14(5-3-12)20(29)31-18(16(22)10-26)17(27)11-30-19(28)13-6-8-15(9-7-13)21(23,24)25/h2-10,16-18,26-27H,11H2,1H3/t16-,17-,18+/m1/s1. The van der Waals surface area contributed by atoms with Gasteiger partial charge in [-0.25, -0.2) is 14.0 Å². The van der Waals surface area contributed by atoms with Gasteiger partial charge in [-0.3, -0.25) is 0 Å². The zero-order valence-corrected chi connectivity index (χ0v) is 16.2. The lowest BCUT2D eigenvalue weighted by Gasteiger charge is -2.24. The molecule has 0 amide bonds. The van der Waals surface area contributed by atoms with Gasteiger partial charge < -0.3 is 20.0 Å². The van der Waals surface area contributed by atoms with Crippen LogP contribution < -0.4 is 0 Å². The van der Waals surface area contributed by atoms with Crippen molar-refractivity contribution < 1.29 is 41.7 Å².